The summed E-state index contributed by atoms with van der Waals surface area (Å²) in [4.78, 5) is 4.27. The van der Waals surface area contributed by atoms with Crippen molar-refractivity contribution in [3.05, 3.63) is 29.6 Å². The van der Waals surface area contributed by atoms with Gasteiger partial charge >= 0.3 is 0 Å². The van der Waals surface area contributed by atoms with E-state index >= 15 is 0 Å². The summed E-state index contributed by atoms with van der Waals surface area (Å²) in [7, 11) is 0. The van der Waals surface area contributed by atoms with Gasteiger partial charge in [0.2, 0.25) is 0 Å². The minimum atomic E-state index is 0.355. The van der Waals surface area contributed by atoms with Crippen LogP contribution in [-0.2, 0) is 4.74 Å². The van der Waals surface area contributed by atoms with Crippen molar-refractivity contribution in [3.8, 4) is 11.3 Å². The lowest BCUT2D eigenvalue weighted by Crippen LogP contribution is -2.09. The Bertz CT molecular complexity index is 711. The number of ether oxygens (including phenoxy) is 1. The van der Waals surface area contributed by atoms with Crippen molar-refractivity contribution < 1.29 is 4.74 Å². The second kappa shape index (κ2) is 4.81. The molecule has 2 aliphatic rings. The lowest BCUT2D eigenvalue weighted by Gasteiger charge is -2.12. The van der Waals surface area contributed by atoms with E-state index in [1.807, 2.05) is 13.1 Å². The van der Waals surface area contributed by atoms with Crippen LogP contribution < -0.4 is 5.73 Å². The third-order valence-corrected chi connectivity index (χ3v) is 4.96. The second-order valence-corrected chi connectivity index (χ2v) is 6.81. The maximum Gasteiger partial charge on any atom is 0.126 e. The van der Waals surface area contributed by atoms with Crippen LogP contribution in [0.1, 0.15) is 37.1 Å². The highest BCUT2D eigenvalue weighted by atomic mass is 16.5. The molecule has 3 heterocycles. The van der Waals surface area contributed by atoms with Gasteiger partial charge in [0.05, 0.1) is 18.9 Å². The first-order valence-corrected chi connectivity index (χ1v) is 7.96. The summed E-state index contributed by atoms with van der Waals surface area (Å²) in [6.45, 7) is 8.14. The molecular formula is C17H22N4O. The summed E-state index contributed by atoms with van der Waals surface area (Å²) in [5, 5.41) is 4.83. The van der Waals surface area contributed by atoms with Crippen molar-refractivity contribution in [2.45, 2.75) is 32.7 Å². The second-order valence-electron chi connectivity index (χ2n) is 6.81. The fraction of sp³-hybridized carbons (Fsp3) is 0.529. The molecule has 116 valence electrons. The van der Waals surface area contributed by atoms with Crippen molar-refractivity contribution in [2.24, 2.45) is 11.8 Å². The number of rotatable bonds is 3. The molecule has 22 heavy (non-hydrogen) atoms. The summed E-state index contributed by atoms with van der Waals surface area (Å²) < 4.78 is 7.70. The molecule has 5 heteroatoms. The highest BCUT2D eigenvalue weighted by Gasteiger charge is 2.56. The number of anilines is 1. The van der Waals surface area contributed by atoms with Gasteiger partial charge in [-0.3, -0.25) is 4.68 Å². The van der Waals surface area contributed by atoms with Gasteiger partial charge in [-0.2, -0.15) is 5.10 Å². The van der Waals surface area contributed by atoms with Crippen LogP contribution in [0.3, 0.4) is 0 Å². The number of pyridine rings is 1. The molecule has 1 saturated carbocycles. The molecular weight excluding hydrogens is 276 g/mol. The molecule has 2 aromatic heterocycles. The molecule has 1 aliphatic carbocycles. The van der Waals surface area contributed by atoms with Crippen molar-refractivity contribution in [1.82, 2.24) is 14.8 Å². The van der Waals surface area contributed by atoms with E-state index in [0.29, 0.717) is 29.6 Å². The summed E-state index contributed by atoms with van der Waals surface area (Å²) in [6.07, 6.45) is 1.82. The normalized spacial score (nSPS) is 26.5. The van der Waals surface area contributed by atoms with Gasteiger partial charge < -0.3 is 10.5 Å². The highest BCUT2D eigenvalue weighted by molar-refractivity contribution is 5.62. The number of fused-ring (bicyclic) bond motifs is 1. The Kier molecular flexibility index (Phi) is 3.01. The molecule has 0 spiro atoms. The van der Waals surface area contributed by atoms with Crippen LogP contribution >= 0.6 is 0 Å². The van der Waals surface area contributed by atoms with Crippen molar-refractivity contribution in [3.63, 3.8) is 0 Å². The van der Waals surface area contributed by atoms with Crippen LogP contribution in [0.5, 0.6) is 0 Å². The number of aromatic nitrogens is 3. The SMILES string of the molecule is Cc1cc(-c2cc([C@H]3[C@@H]4COC[C@@H]43)n(C(C)C)n2)cnc1N. The van der Waals surface area contributed by atoms with E-state index in [2.05, 4.69) is 35.6 Å². The Balaban J connectivity index is 1.73. The molecule has 0 amide bonds. The molecule has 4 rings (SSSR count). The molecule has 0 unspecified atom stereocenters. The van der Waals surface area contributed by atoms with E-state index in [4.69, 9.17) is 15.6 Å². The largest absolute Gasteiger partial charge is 0.383 e. The topological polar surface area (TPSA) is 66.0 Å². The number of nitrogens with zero attached hydrogens (tertiary/aromatic N) is 3. The summed E-state index contributed by atoms with van der Waals surface area (Å²) in [5.41, 5.74) is 10.2. The van der Waals surface area contributed by atoms with E-state index in [-0.39, 0.29) is 0 Å². The fourth-order valence-corrected chi connectivity index (χ4v) is 3.62. The van der Waals surface area contributed by atoms with Crippen LogP contribution in [0.15, 0.2) is 18.3 Å². The van der Waals surface area contributed by atoms with E-state index in [0.717, 1.165) is 30.0 Å². The van der Waals surface area contributed by atoms with Crippen LogP contribution in [0.4, 0.5) is 5.82 Å². The number of hydrogen-bond acceptors (Lipinski definition) is 4. The van der Waals surface area contributed by atoms with E-state index in [1.54, 1.807) is 0 Å². The van der Waals surface area contributed by atoms with Crippen LogP contribution in [-0.4, -0.2) is 28.0 Å². The highest BCUT2D eigenvalue weighted by Crippen LogP contribution is 2.58. The maximum absolute atomic E-state index is 5.82. The molecule has 2 aromatic rings. The molecule has 1 aliphatic heterocycles. The predicted molar refractivity (Wildman–Crippen MR) is 85.5 cm³/mol. The first-order valence-electron chi connectivity index (χ1n) is 7.96. The summed E-state index contributed by atoms with van der Waals surface area (Å²) in [6, 6.07) is 4.65. The zero-order valence-electron chi connectivity index (χ0n) is 13.3. The zero-order valence-corrected chi connectivity index (χ0v) is 13.3. The Morgan fingerprint density at radius 3 is 2.64 bits per heavy atom. The van der Waals surface area contributed by atoms with Gasteiger partial charge in [0.1, 0.15) is 5.82 Å². The molecule has 3 atom stereocenters. The standard InChI is InChI=1S/C17H22N4O/c1-9(2)21-15(16-12-7-22-8-13(12)16)5-14(20-21)11-4-10(3)17(18)19-6-11/h4-6,9,12-13,16H,7-8H2,1-3H3,(H2,18,19)/t12-,13+,16+. The van der Waals surface area contributed by atoms with Gasteiger partial charge in [0.25, 0.3) is 0 Å². The fourth-order valence-electron chi connectivity index (χ4n) is 3.62. The third kappa shape index (κ3) is 2.03. The molecule has 2 fully saturated rings. The summed E-state index contributed by atoms with van der Waals surface area (Å²) in [5.74, 6) is 2.57. The molecule has 5 nitrogen and oxygen atoms in total. The number of aryl methyl sites for hydroxylation is 1. The Hall–Kier alpha value is -1.88. The van der Waals surface area contributed by atoms with Gasteiger partial charge in [0.15, 0.2) is 0 Å². The zero-order chi connectivity index (χ0) is 15.4. The quantitative estimate of drug-likeness (QED) is 0.946. The van der Waals surface area contributed by atoms with Crippen molar-refractivity contribution >= 4 is 5.82 Å². The average Bonchev–Trinajstić information content (AvgIpc) is 2.90. The molecule has 0 aromatic carbocycles. The number of nitrogen functional groups attached to an aromatic ring is 1. The molecule has 1 saturated heterocycles. The Morgan fingerprint density at radius 1 is 1.27 bits per heavy atom. The van der Waals surface area contributed by atoms with E-state index in [1.165, 1.54) is 5.69 Å². The first kappa shape index (κ1) is 13.8. The third-order valence-electron chi connectivity index (χ3n) is 4.96. The van der Waals surface area contributed by atoms with Crippen molar-refractivity contribution in [2.75, 3.05) is 18.9 Å². The Labute approximate surface area is 130 Å². The van der Waals surface area contributed by atoms with Gasteiger partial charge in [-0.05, 0) is 50.3 Å². The molecule has 0 radical (unpaired) electrons. The Morgan fingerprint density at radius 2 is 2.00 bits per heavy atom. The number of nitrogens with two attached hydrogens (primary N) is 1. The van der Waals surface area contributed by atoms with Gasteiger partial charge in [-0.25, -0.2) is 4.98 Å². The van der Waals surface area contributed by atoms with Gasteiger partial charge in [-0.1, -0.05) is 0 Å². The first-order chi connectivity index (χ1) is 10.6. The van der Waals surface area contributed by atoms with Gasteiger partial charge in [-0.15, -0.1) is 0 Å². The average molecular weight is 298 g/mol. The summed E-state index contributed by atoms with van der Waals surface area (Å²) >= 11 is 0. The minimum absolute atomic E-state index is 0.355. The lowest BCUT2D eigenvalue weighted by molar-refractivity contribution is 0.159. The number of hydrogen-bond donors (Lipinski definition) is 1. The predicted octanol–water partition coefficient (Wildman–Crippen LogP) is 2.78. The molecule has 2 N–H and O–H groups in total. The van der Waals surface area contributed by atoms with Crippen LogP contribution in [0.2, 0.25) is 0 Å². The van der Waals surface area contributed by atoms with E-state index < -0.39 is 0 Å². The monoisotopic (exact) mass is 298 g/mol. The van der Waals surface area contributed by atoms with Crippen LogP contribution in [0, 0.1) is 18.8 Å². The lowest BCUT2D eigenvalue weighted by atomic mass is 10.1. The molecule has 0 bridgehead atoms. The minimum Gasteiger partial charge on any atom is -0.383 e. The van der Waals surface area contributed by atoms with Crippen LogP contribution in [0.25, 0.3) is 11.3 Å². The smallest absolute Gasteiger partial charge is 0.126 e. The van der Waals surface area contributed by atoms with E-state index in [9.17, 15) is 0 Å². The maximum atomic E-state index is 5.82. The van der Waals surface area contributed by atoms with Crippen molar-refractivity contribution in [1.29, 1.82) is 0 Å². The van der Waals surface area contributed by atoms with Gasteiger partial charge in [0, 0.05) is 29.4 Å².